The molecule has 0 saturated heterocycles. The molecule has 5 rings (SSSR count). The van der Waals surface area contributed by atoms with Crippen LogP contribution >= 0.6 is 0 Å². The molecule has 2 heterocycles. The molecule has 0 unspecified atom stereocenters. The van der Waals surface area contributed by atoms with Gasteiger partial charge in [-0.25, -0.2) is 4.79 Å². The zero-order valence-corrected chi connectivity index (χ0v) is 19.9. The summed E-state index contributed by atoms with van der Waals surface area (Å²) in [7, 11) is 0. The minimum atomic E-state index is -1.69. The quantitative estimate of drug-likeness (QED) is 0.664. The molecule has 180 valence electrons. The average Bonchev–Trinajstić information content (AvgIpc) is 3.08. The maximum Gasteiger partial charge on any atom is 0.341 e. The number of anilines is 1. The third kappa shape index (κ3) is 3.29. The number of amides is 1. The van der Waals surface area contributed by atoms with Crippen LogP contribution in [0.25, 0.3) is 0 Å². The van der Waals surface area contributed by atoms with Gasteiger partial charge in [-0.3, -0.25) is 9.59 Å². The van der Waals surface area contributed by atoms with E-state index >= 15 is 0 Å². The predicted octanol–water partition coefficient (Wildman–Crippen LogP) is 3.85. The Kier molecular flexibility index (Phi) is 5.71. The Morgan fingerprint density at radius 3 is 2.51 bits per heavy atom. The number of esters is 1. The van der Waals surface area contributed by atoms with Crippen molar-refractivity contribution in [3.05, 3.63) is 88.5 Å². The first-order valence-corrected chi connectivity index (χ1v) is 12.0. The highest BCUT2D eigenvalue weighted by molar-refractivity contribution is 6.23. The van der Waals surface area contributed by atoms with Crippen LogP contribution in [0.2, 0.25) is 0 Å². The number of hydrogen-bond donors (Lipinski definition) is 1. The second-order valence-corrected chi connectivity index (χ2v) is 9.02. The first-order valence-electron chi connectivity index (χ1n) is 12.0. The van der Waals surface area contributed by atoms with Crippen LogP contribution in [0.4, 0.5) is 5.69 Å². The zero-order valence-electron chi connectivity index (χ0n) is 19.9. The van der Waals surface area contributed by atoms with Crippen molar-refractivity contribution in [1.82, 2.24) is 0 Å². The van der Waals surface area contributed by atoms with Gasteiger partial charge in [0.2, 0.25) is 11.8 Å². The maximum absolute atomic E-state index is 14.3. The Labute approximate surface area is 204 Å². The molecule has 7 nitrogen and oxygen atoms in total. The highest BCUT2D eigenvalue weighted by Crippen LogP contribution is 2.57. The number of Topliss-reactive ketones (excluding diaryl/α,β-unsaturated/α-hetero) is 1. The highest BCUT2D eigenvalue weighted by Gasteiger charge is 2.64. The maximum atomic E-state index is 14.3. The van der Waals surface area contributed by atoms with Crippen LogP contribution in [-0.2, 0) is 29.3 Å². The summed E-state index contributed by atoms with van der Waals surface area (Å²) in [5.41, 5.74) is 7.03. The van der Waals surface area contributed by atoms with E-state index < -0.39 is 11.4 Å². The molecule has 3 aliphatic rings. The van der Waals surface area contributed by atoms with Gasteiger partial charge < -0.3 is 20.1 Å². The number of ketones is 1. The van der Waals surface area contributed by atoms with Crippen molar-refractivity contribution in [2.24, 2.45) is 5.73 Å². The molecule has 2 aromatic carbocycles. The van der Waals surface area contributed by atoms with Gasteiger partial charge in [-0.2, -0.15) is 0 Å². The normalized spacial score (nSPS) is 23.4. The van der Waals surface area contributed by atoms with Gasteiger partial charge in [0.1, 0.15) is 16.7 Å². The Hall–Kier alpha value is -3.87. The molecule has 7 heteroatoms. The lowest BCUT2D eigenvalue weighted by Crippen LogP contribution is -2.51. The summed E-state index contributed by atoms with van der Waals surface area (Å²) in [6, 6.07) is 17.0. The lowest BCUT2D eigenvalue weighted by molar-refractivity contribution is -0.141. The van der Waals surface area contributed by atoms with E-state index in [2.05, 4.69) is 0 Å². The molecule has 2 atom stereocenters. The predicted molar refractivity (Wildman–Crippen MR) is 130 cm³/mol. The Balaban J connectivity index is 1.76. The fraction of sp³-hybridized carbons (Fsp3) is 0.321. The molecular formula is C28H28N2O5. The molecule has 2 aromatic rings. The lowest BCUT2D eigenvalue weighted by atomic mass is 9.63. The molecule has 0 saturated carbocycles. The minimum absolute atomic E-state index is 0.0934. The van der Waals surface area contributed by atoms with E-state index in [9.17, 15) is 14.4 Å². The van der Waals surface area contributed by atoms with Crippen LogP contribution in [0.15, 0.2) is 77.4 Å². The summed E-state index contributed by atoms with van der Waals surface area (Å²) < 4.78 is 11.3. The highest BCUT2D eigenvalue weighted by atomic mass is 16.5. The van der Waals surface area contributed by atoms with Gasteiger partial charge in [0.05, 0.1) is 12.2 Å². The standard InChI is InChI=1S/C28H28N2O5/c1-3-14-30-20-13-9-8-12-19(20)28(27(30)33)23-21(31)15-18(17-10-6-5-7-11-17)16-22(23)35-25(29)24(28)26(32)34-4-2/h5-13,18H,3-4,14-16,29H2,1-2H3/t18-,28-/m1/s1. The number of fused-ring (bicyclic) bond motifs is 3. The third-order valence-electron chi connectivity index (χ3n) is 7.01. The average molecular weight is 473 g/mol. The number of carbonyl (C=O) groups excluding carboxylic acids is 3. The molecule has 2 aliphatic heterocycles. The van der Waals surface area contributed by atoms with Crippen molar-refractivity contribution < 1.29 is 23.9 Å². The monoisotopic (exact) mass is 472 g/mol. The fourth-order valence-corrected chi connectivity index (χ4v) is 5.68. The Morgan fingerprint density at radius 2 is 1.80 bits per heavy atom. The van der Waals surface area contributed by atoms with Crippen LogP contribution in [0, 0.1) is 0 Å². The first-order chi connectivity index (χ1) is 16.9. The Bertz CT molecular complexity index is 1280. The van der Waals surface area contributed by atoms with Gasteiger partial charge in [-0.1, -0.05) is 55.5 Å². The molecule has 1 amide bonds. The number of allylic oxidation sites excluding steroid dienone is 1. The second kappa shape index (κ2) is 8.73. The zero-order chi connectivity index (χ0) is 24.7. The van der Waals surface area contributed by atoms with Crippen molar-refractivity contribution in [2.45, 2.75) is 44.4 Å². The summed E-state index contributed by atoms with van der Waals surface area (Å²) >= 11 is 0. The molecule has 35 heavy (non-hydrogen) atoms. The van der Waals surface area contributed by atoms with Gasteiger partial charge in [0.15, 0.2) is 5.78 Å². The number of hydrogen-bond acceptors (Lipinski definition) is 6. The van der Waals surface area contributed by atoms with E-state index in [1.54, 1.807) is 24.0 Å². The van der Waals surface area contributed by atoms with E-state index in [1.165, 1.54) is 0 Å². The van der Waals surface area contributed by atoms with Crippen molar-refractivity contribution in [3.8, 4) is 0 Å². The summed E-state index contributed by atoms with van der Waals surface area (Å²) in [6.45, 7) is 4.19. The van der Waals surface area contributed by atoms with E-state index in [4.69, 9.17) is 15.2 Å². The first kappa shape index (κ1) is 22.9. The van der Waals surface area contributed by atoms with Crippen LogP contribution in [0.5, 0.6) is 0 Å². The topological polar surface area (TPSA) is 98.9 Å². The lowest BCUT2D eigenvalue weighted by Gasteiger charge is -2.40. The summed E-state index contributed by atoms with van der Waals surface area (Å²) in [4.78, 5) is 43.2. The summed E-state index contributed by atoms with van der Waals surface area (Å²) in [5.74, 6) is -1.30. The molecule has 0 fully saturated rings. The minimum Gasteiger partial charge on any atom is -0.462 e. The van der Waals surface area contributed by atoms with Gasteiger partial charge in [0, 0.05) is 30.6 Å². The number of para-hydroxylation sites is 1. The molecular weight excluding hydrogens is 444 g/mol. The van der Waals surface area contributed by atoms with E-state index in [0.717, 1.165) is 5.56 Å². The number of ether oxygens (including phenoxy) is 2. The van der Waals surface area contributed by atoms with Crippen molar-refractivity contribution in [1.29, 1.82) is 0 Å². The van der Waals surface area contributed by atoms with E-state index in [1.807, 2.05) is 49.4 Å². The largest absolute Gasteiger partial charge is 0.462 e. The van der Waals surface area contributed by atoms with Crippen LogP contribution in [-0.4, -0.2) is 30.8 Å². The fourth-order valence-electron chi connectivity index (χ4n) is 5.68. The molecule has 0 aromatic heterocycles. The summed E-state index contributed by atoms with van der Waals surface area (Å²) in [6.07, 6.45) is 1.30. The van der Waals surface area contributed by atoms with Gasteiger partial charge in [0.25, 0.3) is 0 Å². The number of nitrogens with two attached hydrogens (primary N) is 1. The Morgan fingerprint density at radius 1 is 1.09 bits per heavy atom. The number of carbonyl (C=O) groups is 3. The van der Waals surface area contributed by atoms with Crippen LogP contribution in [0.1, 0.15) is 50.2 Å². The van der Waals surface area contributed by atoms with Gasteiger partial charge in [-0.15, -0.1) is 0 Å². The number of nitrogens with zero attached hydrogens (tertiary/aromatic N) is 1. The molecule has 1 spiro atoms. The molecule has 0 bridgehead atoms. The van der Waals surface area contributed by atoms with Crippen LogP contribution in [0.3, 0.4) is 0 Å². The number of rotatable bonds is 5. The second-order valence-electron chi connectivity index (χ2n) is 9.02. The van der Waals surface area contributed by atoms with Crippen molar-refractivity contribution in [3.63, 3.8) is 0 Å². The summed E-state index contributed by atoms with van der Waals surface area (Å²) in [5, 5.41) is 0. The van der Waals surface area contributed by atoms with E-state index in [0.29, 0.717) is 36.4 Å². The van der Waals surface area contributed by atoms with Gasteiger partial charge in [-0.05, 0) is 30.9 Å². The van der Waals surface area contributed by atoms with Crippen LogP contribution < -0.4 is 10.6 Å². The number of benzene rings is 2. The van der Waals surface area contributed by atoms with Crippen molar-refractivity contribution in [2.75, 3.05) is 18.1 Å². The molecule has 2 N–H and O–H groups in total. The molecule has 0 radical (unpaired) electrons. The SMILES string of the molecule is CCCN1C(=O)[C@]2(C(C(=O)OCC)=C(N)OC3=C2C(=O)C[C@@H](c2ccccc2)C3)c2ccccc21. The smallest absolute Gasteiger partial charge is 0.341 e. The third-order valence-corrected chi connectivity index (χ3v) is 7.01. The van der Waals surface area contributed by atoms with Gasteiger partial charge >= 0.3 is 5.97 Å². The van der Waals surface area contributed by atoms with E-state index in [-0.39, 0.29) is 47.7 Å². The van der Waals surface area contributed by atoms with Crippen molar-refractivity contribution >= 4 is 23.3 Å². The molecule has 1 aliphatic carbocycles.